The van der Waals surface area contributed by atoms with Crippen LogP contribution in [0.15, 0.2) is 12.2 Å². The Hall–Kier alpha value is -1.62. The Morgan fingerprint density at radius 1 is 1.35 bits per heavy atom. The van der Waals surface area contributed by atoms with Gasteiger partial charge in [0.25, 0.3) is 0 Å². The lowest BCUT2D eigenvalue weighted by Gasteiger charge is -2.27. The highest BCUT2D eigenvalue weighted by molar-refractivity contribution is 6.30. The van der Waals surface area contributed by atoms with Gasteiger partial charge in [0.1, 0.15) is 22.4 Å². The van der Waals surface area contributed by atoms with Gasteiger partial charge in [-0.3, -0.25) is 4.90 Å². The maximum absolute atomic E-state index is 12.5. The molecule has 6 heteroatoms. The number of amides is 1. The molecule has 1 aliphatic rings. The van der Waals surface area contributed by atoms with Gasteiger partial charge in [-0.1, -0.05) is 37.6 Å². The van der Waals surface area contributed by atoms with E-state index in [2.05, 4.69) is 23.8 Å². The summed E-state index contributed by atoms with van der Waals surface area (Å²) >= 11 is 6.34. The van der Waals surface area contributed by atoms with Crippen LogP contribution in [-0.4, -0.2) is 28.2 Å². The average Bonchev–Trinajstić information content (AvgIpc) is 2.58. The summed E-state index contributed by atoms with van der Waals surface area (Å²) in [6.45, 7) is 10.1. The Balaban J connectivity index is 2.42. The number of fused-ring (bicyclic) bond motifs is 1. The monoisotopic (exact) mass is 337 g/mol. The molecular weight excluding hydrogens is 314 g/mol. The number of allylic oxidation sites excluding steroid dienone is 1. The highest BCUT2D eigenvalue weighted by Gasteiger charge is 2.28. The van der Waals surface area contributed by atoms with Crippen LogP contribution >= 0.6 is 11.6 Å². The fourth-order valence-corrected chi connectivity index (χ4v) is 2.55. The number of carbonyl (C=O) groups excluding carboxylic acids is 1. The zero-order valence-corrected chi connectivity index (χ0v) is 15.1. The van der Waals surface area contributed by atoms with Crippen molar-refractivity contribution in [1.82, 2.24) is 9.97 Å². The predicted molar refractivity (Wildman–Crippen MR) is 92.0 cm³/mol. The van der Waals surface area contributed by atoms with Crippen LogP contribution in [0, 0.1) is 5.92 Å². The van der Waals surface area contributed by atoms with Gasteiger partial charge >= 0.3 is 6.09 Å². The number of aromatic nitrogens is 2. The quantitative estimate of drug-likeness (QED) is 0.600. The van der Waals surface area contributed by atoms with Gasteiger partial charge in [0.15, 0.2) is 0 Å². The first kappa shape index (κ1) is 17.7. The second-order valence-electron chi connectivity index (χ2n) is 7.10. The molecule has 5 nitrogen and oxygen atoms in total. The Kier molecular flexibility index (Phi) is 5.30. The summed E-state index contributed by atoms with van der Waals surface area (Å²) in [5.74, 6) is 1.61. The van der Waals surface area contributed by atoms with Crippen molar-refractivity contribution in [3.05, 3.63) is 28.7 Å². The number of halogens is 1. The number of anilines is 1. The molecular formula is C17H24ClN3O2. The van der Waals surface area contributed by atoms with Crippen molar-refractivity contribution >= 4 is 23.5 Å². The summed E-state index contributed by atoms with van der Waals surface area (Å²) in [7, 11) is 0. The summed E-state index contributed by atoms with van der Waals surface area (Å²) in [6, 6.07) is 0. The largest absolute Gasteiger partial charge is 0.443 e. The van der Waals surface area contributed by atoms with Crippen LogP contribution in [0.2, 0.25) is 5.15 Å². The predicted octanol–water partition coefficient (Wildman–Crippen LogP) is 4.18. The van der Waals surface area contributed by atoms with E-state index in [1.54, 1.807) is 0 Å². The summed E-state index contributed by atoms with van der Waals surface area (Å²) < 4.78 is 5.50. The third-order valence-corrected chi connectivity index (χ3v) is 3.53. The Morgan fingerprint density at radius 2 is 2.04 bits per heavy atom. The summed E-state index contributed by atoms with van der Waals surface area (Å²) in [5, 5.41) is 0.408. The van der Waals surface area contributed by atoms with Crippen LogP contribution in [0.1, 0.15) is 46.0 Å². The van der Waals surface area contributed by atoms with Gasteiger partial charge in [0, 0.05) is 18.5 Å². The molecule has 1 aromatic heterocycles. The van der Waals surface area contributed by atoms with E-state index in [0.717, 1.165) is 5.56 Å². The van der Waals surface area contributed by atoms with Crippen LogP contribution in [-0.2, 0) is 17.6 Å². The molecule has 0 N–H and O–H groups in total. The molecule has 0 aliphatic carbocycles. The van der Waals surface area contributed by atoms with Crippen molar-refractivity contribution in [3.8, 4) is 0 Å². The summed E-state index contributed by atoms with van der Waals surface area (Å²) in [4.78, 5) is 23.0. The Morgan fingerprint density at radius 3 is 2.65 bits per heavy atom. The lowest BCUT2D eigenvalue weighted by atomic mass is 10.1. The van der Waals surface area contributed by atoms with E-state index in [0.29, 0.717) is 42.1 Å². The van der Waals surface area contributed by atoms with E-state index >= 15 is 0 Å². The minimum atomic E-state index is -0.565. The highest BCUT2D eigenvalue weighted by atomic mass is 35.5. The standard InChI is InChI=1S/C17H24ClN3O2/c1-11(2)10-13-19-14(18)12-8-6-7-9-21(15(12)20-13)16(22)23-17(3,4)5/h6-7,11H,8-10H2,1-5H3. The molecule has 0 saturated carbocycles. The van der Waals surface area contributed by atoms with Crippen molar-refractivity contribution in [2.24, 2.45) is 5.92 Å². The fourth-order valence-electron chi connectivity index (χ4n) is 2.29. The smallest absolute Gasteiger partial charge is 0.416 e. The first-order valence-electron chi connectivity index (χ1n) is 7.88. The van der Waals surface area contributed by atoms with Gasteiger partial charge in [-0.05, 0) is 33.1 Å². The number of rotatable bonds is 2. The van der Waals surface area contributed by atoms with Crippen LogP contribution in [0.25, 0.3) is 0 Å². The van der Waals surface area contributed by atoms with Gasteiger partial charge in [-0.15, -0.1) is 0 Å². The van der Waals surface area contributed by atoms with E-state index in [9.17, 15) is 4.79 Å². The molecule has 1 aromatic rings. The molecule has 1 amide bonds. The molecule has 2 rings (SSSR count). The molecule has 126 valence electrons. The number of hydrogen-bond acceptors (Lipinski definition) is 4. The first-order chi connectivity index (χ1) is 10.7. The van der Waals surface area contributed by atoms with Crippen molar-refractivity contribution < 1.29 is 9.53 Å². The van der Waals surface area contributed by atoms with Crippen LogP contribution in [0.5, 0.6) is 0 Å². The van der Waals surface area contributed by atoms with E-state index < -0.39 is 11.7 Å². The number of hydrogen-bond donors (Lipinski definition) is 0. The summed E-state index contributed by atoms with van der Waals surface area (Å²) in [6.07, 6.45) is 4.79. The maximum atomic E-state index is 12.5. The molecule has 0 aromatic carbocycles. The zero-order chi connectivity index (χ0) is 17.2. The SMILES string of the molecule is CC(C)Cc1nc(Cl)c2c(n1)N(C(=O)OC(C)(C)C)CC=CC2. The van der Waals surface area contributed by atoms with Crippen LogP contribution < -0.4 is 4.90 Å². The van der Waals surface area contributed by atoms with Crippen LogP contribution in [0.3, 0.4) is 0 Å². The summed E-state index contributed by atoms with van der Waals surface area (Å²) in [5.41, 5.74) is 0.198. The molecule has 23 heavy (non-hydrogen) atoms. The van der Waals surface area contributed by atoms with Gasteiger partial charge in [0.2, 0.25) is 0 Å². The fraction of sp³-hybridized carbons (Fsp3) is 0.588. The molecule has 0 radical (unpaired) electrons. The first-order valence-corrected chi connectivity index (χ1v) is 8.26. The Labute approximate surface area is 142 Å². The normalized spacial score (nSPS) is 14.7. The number of nitrogens with zero attached hydrogens (tertiary/aromatic N) is 3. The molecule has 0 bridgehead atoms. The minimum absolute atomic E-state index is 0.406. The van der Waals surface area contributed by atoms with E-state index in [1.165, 1.54) is 4.90 Å². The maximum Gasteiger partial charge on any atom is 0.416 e. The van der Waals surface area contributed by atoms with Gasteiger partial charge in [-0.25, -0.2) is 14.8 Å². The van der Waals surface area contributed by atoms with Gasteiger partial charge in [-0.2, -0.15) is 0 Å². The molecule has 1 aliphatic heterocycles. The second-order valence-corrected chi connectivity index (χ2v) is 7.46. The number of ether oxygens (including phenoxy) is 1. The molecule has 0 unspecified atom stereocenters. The Bertz CT molecular complexity index is 621. The lowest BCUT2D eigenvalue weighted by molar-refractivity contribution is 0.0583. The molecule has 0 atom stereocenters. The average molecular weight is 338 g/mol. The number of carbonyl (C=O) groups is 1. The molecule has 0 spiro atoms. The van der Waals surface area contributed by atoms with Crippen molar-refractivity contribution in [2.45, 2.75) is 53.1 Å². The van der Waals surface area contributed by atoms with E-state index in [4.69, 9.17) is 16.3 Å². The van der Waals surface area contributed by atoms with Crippen molar-refractivity contribution in [2.75, 3.05) is 11.4 Å². The second kappa shape index (κ2) is 6.87. The molecule has 2 heterocycles. The van der Waals surface area contributed by atoms with Crippen molar-refractivity contribution in [3.63, 3.8) is 0 Å². The van der Waals surface area contributed by atoms with Crippen LogP contribution in [0.4, 0.5) is 10.6 Å². The third kappa shape index (κ3) is 4.67. The zero-order valence-electron chi connectivity index (χ0n) is 14.4. The van der Waals surface area contributed by atoms with Gasteiger partial charge < -0.3 is 4.74 Å². The molecule has 0 saturated heterocycles. The van der Waals surface area contributed by atoms with E-state index in [-0.39, 0.29) is 0 Å². The van der Waals surface area contributed by atoms with Gasteiger partial charge in [0.05, 0.1) is 0 Å². The van der Waals surface area contributed by atoms with E-state index in [1.807, 2.05) is 32.9 Å². The highest BCUT2D eigenvalue weighted by Crippen LogP contribution is 2.29. The topological polar surface area (TPSA) is 55.3 Å². The minimum Gasteiger partial charge on any atom is -0.443 e. The third-order valence-electron chi connectivity index (χ3n) is 3.22. The molecule has 0 fully saturated rings. The lowest BCUT2D eigenvalue weighted by Crippen LogP contribution is -2.38. The van der Waals surface area contributed by atoms with Crippen molar-refractivity contribution in [1.29, 1.82) is 0 Å².